The standard InChI is InChI=1S/C7H14N2O2/c1-4-6(9(3)11)5-7(10)8-2/h4,11H,5H2,1-3H3,(H,8,10)/b6-4+. The maximum absolute atomic E-state index is 10.8. The van der Waals surface area contributed by atoms with E-state index in [1.54, 1.807) is 20.0 Å². The van der Waals surface area contributed by atoms with Crippen LogP contribution in [0.4, 0.5) is 0 Å². The molecule has 11 heavy (non-hydrogen) atoms. The number of hydrogen-bond acceptors (Lipinski definition) is 3. The van der Waals surface area contributed by atoms with Crippen LogP contribution in [0.3, 0.4) is 0 Å². The van der Waals surface area contributed by atoms with Crippen molar-refractivity contribution in [1.29, 1.82) is 0 Å². The Kier molecular flexibility index (Phi) is 4.29. The lowest BCUT2D eigenvalue weighted by Gasteiger charge is -2.13. The second-order valence-electron chi connectivity index (χ2n) is 2.15. The molecule has 0 rings (SSSR count). The molecule has 0 unspecified atom stereocenters. The first-order valence-corrected chi connectivity index (χ1v) is 3.40. The zero-order valence-corrected chi connectivity index (χ0v) is 7.09. The van der Waals surface area contributed by atoms with Crippen LogP contribution >= 0.6 is 0 Å². The second kappa shape index (κ2) is 4.73. The van der Waals surface area contributed by atoms with E-state index in [-0.39, 0.29) is 12.3 Å². The molecule has 4 nitrogen and oxygen atoms in total. The van der Waals surface area contributed by atoms with Crippen molar-refractivity contribution in [2.75, 3.05) is 14.1 Å². The summed E-state index contributed by atoms with van der Waals surface area (Å²) in [5, 5.41) is 12.3. The molecule has 0 aliphatic rings. The number of hydroxylamine groups is 2. The van der Waals surface area contributed by atoms with E-state index in [1.807, 2.05) is 0 Å². The highest BCUT2D eigenvalue weighted by Gasteiger charge is 2.05. The molecule has 0 heterocycles. The third kappa shape index (κ3) is 3.62. The summed E-state index contributed by atoms with van der Waals surface area (Å²) in [5.74, 6) is -0.112. The van der Waals surface area contributed by atoms with Crippen molar-refractivity contribution in [3.05, 3.63) is 11.8 Å². The SMILES string of the molecule is C/C=C(\CC(=O)NC)N(C)O. The fourth-order valence-electron chi connectivity index (χ4n) is 0.656. The molecule has 1 amide bonds. The van der Waals surface area contributed by atoms with E-state index < -0.39 is 0 Å². The second-order valence-corrected chi connectivity index (χ2v) is 2.15. The van der Waals surface area contributed by atoms with Gasteiger partial charge in [0.05, 0.1) is 6.42 Å². The smallest absolute Gasteiger partial charge is 0.225 e. The number of nitrogens with zero attached hydrogens (tertiary/aromatic N) is 1. The Bertz CT molecular complexity index is 164. The molecule has 0 fully saturated rings. The first-order chi connectivity index (χ1) is 5.11. The van der Waals surface area contributed by atoms with Crippen molar-refractivity contribution < 1.29 is 10.0 Å². The van der Waals surface area contributed by atoms with Gasteiger partial charge in [-0.2, -0.15) is 0 Å². The molecule has 0 atom stereocenters. The monoisotopic (exact) mass is 158 g/mol. The highest BCUT2D eigenvalue weighted by Crippen LogP contribution is 2.02. The van der Waals surface area contributed by atoms with Gasteiger partial charge in [-0.1, -0.05) is 6.08 Å². The van der Waals surface area contributed by atoms with Crippen molar-refractivity contribution in [3.63, 3.8) is 0 Å². The first kappa shape index (κ1) is 9.97. The minimum Gasteiger partial charge on any atom is -0.359 e. The van der Waals surface area contributed by atoms with Gasteiger partial charge in [0.1, 0.15) is 0 Å². The van der Waals surface area contributed by atoms with Crippen LogP contribution in [0.25, 0.3) is 0 Å². The Morgan fingerprint density at radius 1 is 1.73 bits per heavy atom. The molecule has 0 saturated heterocycles. The summed E-state index contributed by atoms with van der Waals surface area (Å²) in [7, 11) is 3.05. The largest absolute Gasteiger partial charge is 0.359 e. The lowest BCUT2D eigenvalue weighted by molar-refractivity contribution is -0.121. The number of rotatable bonds is 3. The number of amides is 1. The molecule has 2 N–H and O–H groups in total. The molecule has 0 aliphatic heterocycles. The van der Waals surface area contributed by atoms with Crippen LogP contribution in [0.5, 0.6) is 0 Å². The van der Waals surface area contributed by atoms with Gasteiger partial charge in [0.25, 0.3) is 0 Å². The van der Waals surface area contributed by atoms with Crippen LogP contribution in [0, 0.1) is 0 Å². The summed E-state index contributed by atoms with van der Waals surface area (Å²) in [5.41, 5.74) is 0.587. The van der Waals surface area contributed by atoms with E-state index >= 15 is 0 Å². The molecule has 0 radical (unpaired) electrons. The molecule has 0 saturated carbocycles. The first-order valence-electron chi connectivity index (χ1n) is 3.40. The lowest BCUT2D eigenvalue weighted by atomic mass is 10.3. The van der Waals surface area contributed by atoms with Gasteiger partial charge < -0.3 is 5.32 Å². The quantitative estimate of drug-likeness (QED) is 0.583. The number of carbonyl (C=O) groups excluding carboxylic acids is 1. The molecule has 64 valence electrons. The van der Waals surface area contributed by atoms with Gasteiger partial charge in [-0.3, -0.25) is 15.1 Å². The average molecular weight is 158 g/mol. The Morgan fingerprint density at radius 3 is 2.55 bits per heavy atom. The fourth-order valence-corrected chi connectivity index (χ4v) is 0.656. The highest BCUT2D eigenvalue weighted by molar-refractivity contribution is 5.77. The molecule has 4 heteroatoms. The van der Waals surface area contributed by atoms with Crippen LogP contribution < -0.4 is 5.32 Å². The zero-order valence-electron chi connectivity index (χ0n) is 7.09. The van der Waals surface area contributed by atoms with Crippen LogP contribution in [-0.2, 0) is 4.79 Å². The normalized spacial score (nSPS) is 11.1. The molecule has 0 bridgehead atoms. The molecule has 0 aromatic carbocycles. The van der Waals surface area contributed by atoms with Crippen molar-refractivity contribution in [1.82, 2.24) is 10.4 Å². The predicted molar refractivity (Wildman–Crippen MR) is 42.0 cm³/mol. The van der Waals surface area contributed by atoms with E-state index in [0.717, 1.165) is 5.06 Å². The van der Waals surface area contributed by atoms with E-state index in [0.29, 0.717) is 5.70 Å². The molecule has 0 spiro atoms. The molecular weight excluding hydrogens is 144 g/mol. The Labute approximate surface area is 66.5 Å². The highest BCUT2D eigenvalue weighted by atomic mass is 16.5. The van der Waals surface area contributed by atoms with Crippen molar-refractivity contribution in [2.45, 2.75) is 13.3 Å². The Hall–Kier alpha value is -1.03. The summed E-state index contributed by atoms with van der Waals surface area (Å²) in [4.78, 5) is 10.8. The molecule has 0 aromatic heterocycles. The minimum absolute atomic E-state index is 0.112. The topological polar surface area (TPSA) is 52.6 Å². The van der Waals surface area contributed by atoms with Gasteiger partial charge in [-0.15, -0.1) is 0 Å². The fraction of sp³-hybridized carbons (Fsp3) is 0.571. The van der Waals surface area contributed by atoms with Crippen LogP contribution in [0.15, 0.2) is 11.8 Å². The van der Waals surface area contributed by atoms with Gasteiger partial charge in [0.2, 0.25) is 5.91 Å². The van der Waals surface area contributed by atoms with Crippen LogP contribution in [-0.4, -0.2) is 30.3 Å². The van der Waals surface area contributed by atoms with Gasteiger partial charge in [0.15, 0.2) is 0 Å². The predicted octanol–water partition coefficient (Wildman–Crippen LogP) is 0.347. The number of nitrogens with one attached hydrogen (secondary N) is 1. The Balaban J connectivity index is 4.00. The third-order valence-electron chi connectivity index (χ3n) is 1.37. The molecule has 0 aromatic rings. The van der Waals surface area contributed by atoms with Crippen molar-refractivity contribution in [2.24, 2.45) is 0 Å². The zero-order chi connectivity index (χ0) is 8.85. The van der Waals surface area contributed by atoms with E-state index in [1.165, 1.54) is 7.05 Å². The van der Waals surface area contributed by atoms with Gasteiger partial charge in [-0.05, 0) is 6.92 Å². The van der Waals surface area contributed by atoms with Crippen molar-refractivity contribution >= 4 is 5.91 Å². The minimum atomic E-state index is -0.112. The average Bonchev–Trinajstić information content (AvgIpc) is 1.99. The van der Waals surface area contributed by atoms with E-state index in [2.05, 4.69) is 5.32 Å². The van der Waals surface area contributed by atoms with E-state index in [4.69, 9.17) is 5.21 Å². The van der Waals surface area contributed by atoms with E-state index in [9.17, 15) is 4.79 Å². The van der Waals surface area contributed by atoms with Crippen LogP contribution in [0.2, 0.25) is 0 Å². The summed E-state index contributed by atoms with van der Waals surface area (Å²) in [6.07, 6.45) is 1.90. The summed E-state index contributed by atoms with van der Waals surface area (Å²) in [6, 6.07) is 0. The molecular formula is C7H14N2O2. The summed E-state index contributed by atoms with van der Waals surface area (Å²) >= 11 is 0. The van der Waals surface area contributed by atoms with Gasteiger partial charge in [0, 0.05) is 19.8 Å². The maximum Gasteiger partial charge on any atom is 0.225 e. The molecule has 0 aliphatic carbocycles. The summed E-state index contributed by atoms with van der Waals surface area (Å²) in [6.45, 7) is 1.77. The maximum atomic E-state index is 10.8. The van der Waals surface area contributed by atoms with Crippen molar-refractivity contribution in [3.8, 4) is 0 Å². The number of allylic oxidation sites excluding steroid dienone is 1. The van der Waals surface area contributed by atoms with Gasteiger partial charge in [-0.25, -0.2) is 0 Å². The third-order valence-corrected chi connectivity index (χ3v) is 1.37. The Morgan fingerprint density at radius 2 is 2.27 bits per heavy atom. The van der Waals surface area contributed by atoms with Crippen LogP contribution in [0.1, 0.15) is 13.3 Å². The van der Waals surface area contributed by atoms with Gasteiger partial charge >= 0.3 is 0 Å². The number of carbonyl (C=O) groups is 1. The number of hydrogen-bond donors (Lipinski definition) is 2. The summed E-state index contributed by atoms with van der Waals surface area (Å²) < 4.78 is 0. The lowest BCUT2D eigenvalue weighted by Crippen LogP contribution is -2.22.